The van der Waals surface area contributed by atoms with E-state index in [1.807, 2.05) is 24.3 Å². The van der Waals surface area contributed by atoms with E-state index >= 15 is 0 Å². The van der Waals surface area contributed by atoms with Gasteiger partial charge in [-0.3, -0.25) is 19.2 Å². The van der Waals surface area contributed by atoms with Crippen molar-refractivity contribution in [3.05, 3.63) is 46.5 Å². The van der Waals surface area contributed by atoms with Crippen molar-refractivity contribution in [3.8, 4) is 17.2 Å². The molecule has 2 heterocycles. The van der Waals surface area contributed by atoms with Gasteiger partial charge in [0.15, 0.2) is 11.5 Å². The van der Waals surface area contributed by atoms with E-state index in [1.54, 1.807) is 24.0 Å². The molecule has 2 aliphatic rings. The number of amides is 2. The van der Waals surface area contributed by atoms with Gasteiger partial charge in [0, 0.05) is 45.6 Å². The number of benzene rings is 2. The van der Waals surface area contributed by atoms with E-state index in [0.717, 1.165) is 27.9 Å². The number of methoxy groups -OCH3 is 2. The lowest BCUT2D eigenvalue weighted by Crippen LogP contribution is -2.28. The van der Waals surface area contributed by atoms with Gasteiger partial charge in [0.1, 0.15) is 5.75 Å². The minimum absolute atomic E-state index is 0.0387. The zero-order chi connectivity index (χ0) is 31.3. The molecule has 4 rings (SSSR count). The zero-order valence-corrected chi connectivity index (χ0v) is 25.0. The molecule has 0 saturated heterocycles. The van der Waals surface area contributed by atoms with Crippen molar-refractivity contribution in [2.75, 3.05) is 32.7 Å². The summed E-state index contributed by atoms with van der Waals surface area (Å²) in [5, 5.41) is 21.6. The summed E-state index contributed by atoms with van der Waals surface area (Å²) >= 11 is 0. The average molecular weight is 598 g/mol. The minimum atomic E-state index is -0.991. The maximum atomic E-state index is 12.6. The van der Waals surface area contributed by atoms with Gasteiger partial charge < -0.3 is 39.5 Å². The largest absolute Gasteiger partial charge is 0.495 e. The van der Waals surface area contributed by atoms with E-state index in [1.165, 1.54) is 13.8 Å². The van der Waals surface area contributed by atoms with Crippen LogP contribution < -0.4 is 19.5 Å². The Morgan fingerprint density at radius 1 is 0.744 bits per heavy atom. The molecular formula is C31H39N3O9. The topological polar surface area (TPSA) is 155 Å². The Balaban J connectivity index is 1.30. The predicted octanol–water partition coefficient (Wildman–Crippen LogP) is 3.49. The van der Waals surface area contributed by atoms with Crippen LogP contribution in [0.25, 0.3) is 0 Å². The number of hydrogen-bond acceptors (Lipinski definition) is 8. The standard InChI is InChI=1S/C31H39N3O9/c1-18(30(37)38)8-28(35)33-14-20-10-24(25(41-3)11-21(20)15-33)32-6-5-7-43-27-13-23-17-34(16-22(23)12-26(27)42-4)29(36)9-19(2)31(39)40/h10-13,18-19,32H,5-9,14-17H2,1-4H3,(H,37,38)(H,39,40). The fraction of sp³-hybridized carbons (Fsp3) is 0.484. The third-order valence-corrected chi connectivity index (χ3v) is 7.86. The second-order valence-corrected chi connectivity index (χ2v) is 11.1. The van der Waals surface area contributed by atoms with Crippen LogP contribution in [0.1, 0.15) is 55.4 Å². The lowest BCUT2D eigenvalue weighted by atomic mass is 10.1. The SMILES string of the molecule is COc1cc2c(cc1NCCCOc1cc3c(cc1OC)CN(C(=O)CC(C)C(=O)O)C3)CN(C(=O)CC(C)C(=O)O)C2. The molecule has 0 aromatic heterocycles. The highest BCUT2D eigenvalue weighted by atomic mass is 16.5. The second-order valence-electron chi connectivity index (χ2n) is 11.1. The van der Waals surface area contributed by atoms with E-state index in [4.69, 9.17) is 24.4 Å². The van der Waals surface area contributed by atoms with Gasteiger partial charge in [-0.15, -0.1) is 0 Å². The number of anilines is 1. The third-order valence-electron chi connectivity index (χ3n) is 7.86. The van der Waals surface area contributed by atoms with Gasteiger partial charge in [0.2, 0.25) is 11.8 Å². The molecule has 43 heavy (non-hydrogen) atoms. The lowest BCUT2D eigenvalue weighted by molar-refractivity contribution is -0.145. The first kappa shape index (κ1) is 31.5. The second kappa shape index (κ2) is 13.7. The number of carboxylic acid groups (broad SMARTS) is 2. The van der Waals surface area contributed by atoms with Crippen LogP contribution >= 0.6 is 0 Å². The van der Waals surface area contributed by atoms with Crippen LogP contribution in [0.5, 0.6) is 17.2 Å². The summed E-state index contributed by atoms with van der Waals surface area (Å²) in [5.41, 5.74) is 4.65. The van der Waals surface area contributed by atoms with Crippen molar-refractivity contribution in [1.82, 2.24) is 9.80 Å². The number of rotatable bonds is 14. The fourth-order valence-electron chi connectivity index (χ4n) is 5.20. The first-order valence-electron chi connectivity index (χ1n) is 14.3. The third kappa shape index (κ3) is 7.49. The number of carbonyl (C=O) groups excluding carboxylic acids is 2. The van der Waals surface area contributed by atoms with Crippen LogP contribution in [-0.4, -0.2) is 71.1 Å². The minimum Gasteiger partial charge on any atom is -0.495 e. The molecule has 0 bridgehead atoms. The molecule has 2 aliphatic heterocycles. The highest BCUT2D eigenvalue weighted by molar-refractivity contribution is 5.83. The average Bonchev–Trinajstić information content (AvgIpc) is 3.59. The van der Waals surface area contributed by atoms with E-state index in [-0.39, 0.29) is 24.7 Å². The van der Waals surface area contributed by atoms with Gasteiger partial charge in [-0.05, 0) is 52.9 Å². The van der Waals surface area contributed by atoms with Gasteiger partial charge in [-0.1, -0.05) is 13.8 Å². The number of nitrogens with zero attached hydrogens (tertiary/aromatic N) is 2. The summed E-state index contributed by atoms with van der Waals surface area (Å²) in [6.07, 6.45) is 0.577. The van der Waals surface area contributed by atoms with Crippen molar-refractivity contribution in [1.29, 1.82) is 0 Å². The van der Waals surface area contributed by atoms with Crippen molar-refractivity contribution < 1.29 is 43.6 Å². The van der Waals surface area contributed by atoms with Crippen LogP contribution in [0.15, 0.2) is 24.3 Å². The van der Waals surface area contributed by atoms with Crippen molar-refractivity contribution in [3.63, 3.8) is 0 Å². The van der Waals surface area contributed by atoms with Crippen molar-refractivity contribution >= 4 is 29.4 Å². The summed E-state index contributed by atoms with van der Waals surface area (Å²) in [6.45, 7) is 5.67. The molecule has 0 aliphatic carbocycles. The van der Waals surface area contributed by atoms with Crippen LogP contribution in [-0.2, 0) is 45.4 Å². The molecule has 12 heteroatoms. The van der Waals surface area contributed by atoms with Crippen molar-refractivity contribution in [2.45, 2.75) is 59.3 Å². The Hall–Kier alpha value is -4.48. The Morgan fingerprint density at radius 3 is 1.65 bits per heavy atom. The molecule has 0 spiro atoms. The molecule has 232 valence electrons. The number of hydrogen-bond donors (Lipinski definition) is 3. The summed E-state index contributed by atoms with van der Waals surface area (Å²) in [7, 11) is 3.15. The van der Waals surface area contributed by atoms with Gasteiger partial charge in [0.25, 0.3) is 0 Å². The predicted molar refractivity (Wildman–Crippen MR) is 156 cm³/mol. The van der Waals surface area contributed by atoms with E-state index in [9.17, 15) is 19.2 Å². The van der Waals surface area contributed by atoms with Gasteiger partial charge in [-0.2, -0.15) is 0 Å². The molecule has 0 radical (unpaired) electrons. The number of carboxylic acids is 2. The highest BCUT2D eigenvalue weighted by Gasteiger charge is 2.29. The zero-order valence-electron chi connectivity index (χ0n) is 25.0. The van der Waals surface area contributed by atoms with Crippen LogP contribution in [0, 0.1) is 11.8 Å². The van der Waals surface area contributed by atoms with Crippen molar-refractivity contribution in [2.24, 2.45) is 11.8 Å². The Labute approximate surface area is 250 Å². The normalized spacial score (nSPS) is 14.9. The summed E-state index contributed by atoms with van der Waals surface area (Å²) in [4.78, 5) is 50.8. The van der Waals surface area contributed by atoms with Gasteiger partial charge in [0.05, 0.1) is 38.3 Å². The summed E-state index contributed by atoms with van der Waals surface area (Å²) < 4.78 is 17.1. The Kier molecular flexibility index (Phi) is 9.99. The smallest absolute Gasteiger partial charge is 0.306 e. The number of fused-ring (bicyclic) bond motifs is 2. The first-order chi connectivity index (χ1) is 20.5. The van der Waals surface area contributed by atoms with Crippen LogP contribution in [0.4, 0.5) is 5.69 Å². The van der Waals surface area contributed by atoms with E-state index in [2.05, 4.69) is 5.32 Å². The van der Waals surface area contributed by atoms with Crippen LogP contribution in [0.3, 0.4) is 0 Å². The first-order valence-corrected chi connectivity index (χ1v) is 14.3. The Morgan fingerprint density at radius 2 is 1.19 bits per heavy atom. The fourth-order valence-corrected chi connectivity index (χ4v) is 5.20. The molecule has 12 nitrogen and oxygen atoms in total. The molecule has 3 N–H and O–H groups in total. The Bertz CT molecular complexity index is 1290. The maximum Gasteiger partial charge on any atom is 0.306 e. The molecule has 2 atom stereocenters. The highest BCUT2D eigenvalue weighted by Crippen LogP contribution is 2.36. The molecule has 2 aromatic rings. The monoisotopic (exact) mass is 597 g/mol. The number of aliphatic carboxylic acids is 2. The quantitative estimate of drug-likeness (QED) is 0.276. The number of nitrogens with one attached hydrogen (secondary N) is 1. The van der Waals surface area contributed by atoms with E-state index in [0.29, 0.717) is 63.0 Å². The summed E-state index contributed by atoms with van der Waals surface area (Å²) in [6, 6.07) is 7.62. The molecular weight excluding hydrogens is 558 g/mol. The van der Waals surface area contributed by atoms with Crippen LogP contribution in [0.2, 0.25) is 0 Å². The molecule has 0 saturated carbocycles. The number of carbonyl (C=O) groups is 4. The molecule has 0 fully saturated rings. The number of ether oxygens (including phenoxy) is 3. The van der Waals surface area contributed by atoms with Gasteiger partial charge >= 0.3 is 11.9 Å². The van der Waals surface area contributed by atoms with Gasteiger partial charge in [-0.25, -0.2) is 0 Å². The molecule has 2 aromatic carbocycles. The summed E-state index contributed by atoms with van der Waals surface area (Å²) in [5.74, 6) is -2.05. The maximum absolute atomic E-state index is 12.6. The van der Waals surface area contributed by atoms with E-state index < -0.39 is 23.8 Å². The lowest BCUT2D eigenvalue weighted by Gasteiger charge is -2.16. The molecule has 2 unspecified atom stereocenters. The molecule has 2 amide bonds.